The number of fused-ring (bicyclic) bond motifs is 1. The standard InChI is InChI=1S/C18H28N6OS/c1-18(2,3)16(25)19-8-11-24-15-13(12-20-24)14(21-17(22-15)26-4)23-9-6-5-7-10-23/h12H,5-11H2,1-4H3,(H,19,25). The van der Waals surface area contributed by atoms with Gasteiger partial charge in [-0.25, -0.2) is 14.6 Å². The lowest BCUT2D eigenvalue weighted by molar-refractivity contribution is -0.128. The van der Waals surface area contributed by atoms with Gasteiger partial charge in [0.05, 0.1) is 18.1 Å². The lowest BCUT2D eigenvalue weighted by Gasteiger charge is -2.28. The maximum Gasteiger partial charge on any atom is 0.225 e. The summed E-state index contributed by atoms with van der Waals surface area (Å²) in [6.07, 6.45) is 7.54. The van der Waals surface area contributed by atoms with Crippen LogP contribution in [-0.4, -0.2) is 51.5 Å². The lowest BCUT2D eigenvalue weighted by atomic mass is 9.96. The zero-order chi connectivity index (χ0) is 18.7. The van der Waals surface area contributed by atoms with Crippen molar-refractivity contribution in [2.24, 2.45) is 5.41 Å². The number of anilines is 1. The molecule has 0 atom stereocenters. The molecule has 1 fully saturated rings. The van der Waals surface area contributed by atoms with Crippen LogP contribution in [0.5, 0.6) is 0 Å². The van der Waals surface area contributed by atoms with Crippen molar-refractivity contribution >= 4 is 34.5 Å². The predicted octanol–water partition coefficient (Wildman–Crippen LogP) is 2.70. The topological polar surface area (TPSA) is 75.9 Å². The van der Waals surface area contributed by atoms with E-state index in [1.807, 2.05) is 37.9 Å². The van der Waals surface area contributed by atoms with E-state index in [0.29, 0.717) is 13.1 Å². The van der Waals surface area contributed by atoms with Crippen molar-refractivity contribution in [1.82, 2.24) is 25.1 Å². The van der Waals surface area contributed by atoms with Gasteiger partial charge in [-0.2, -0.15) is 5.10 Å². The van der Waals surface area contributed by atoms with Crippen molar-refractivity contribution in [1.29, 1.82) is 0 Å². The zero-order valence-electron chi connectivity index (χ0n) is 16.1. The fraction of sp³-hybridized carbons (Fsp3) is 0.667. The highest BCUT2D eigenvalue weighted by Crippen LogP contribution is 2.28. The molecule has 3 heterocycles. The number of aromatic nitrogens is 4. The van der Waals surface area contributed by atoms with Gasteiger partial charge in [0.15, 0.2) is 10.8 Å². The fourth-order valence-corrected chi connectivity index (χ4v) is 3.42. The Morgan fingerprint density at radius 3 is 2.62 bits per heavy atom. The molecule has 0 radical (unpaired) electrons. The van der Waals surface area contributed by atoms with Gasteiger partial charge in [0.25, 0.3) is 0 Å². The third-order valence-electron chi connectivity index (χ3n) is 4.58. The third kappa shape index (κ3) is 4.11. The molecule has 1 saturated heterocycles. The van der Waals surface area contributed by atoms with Crippen LogP contribution >= 0.6 is 11.8 Å². The number of hydrogen-bond donors (Lipinski definition) is 1. The molecule has 7 nitrogen and oxygen atoms in total. The lowest BCUT2D eigenvalue weighted by Crippen LogP contribution is -2.36. The number of rotatable bonds is 5. The Labute approximate surface area is 158 Å². The van der Waals surface area contributed by atoms with Crippen LogP contribution in [0, 0.1) is 5.41 Å². The second kappa shape index (κ2) is 7.82. The van der Waals surface area contributed by atoms with Gasteiger partial charge in [-0.05, 0) is 25.5 Å². The Morgan fingerprint density at radius 1 is 1.23 bits per heavy atom. The van der Waals surface area contributed by atoms with E-state index in [4.69, 9.17) is 4.98 Å². The Morgan fingerprint density at radius 2 is 1.96 bits per heavy atom. The monoisotopic (exact) mass is 376 g/mol. The van der Waals surface area contributed by atoms with Gasteiger partial charge in [-0.3, -0.25) is 4.79 Å². The van der Waals surface area contributed by atoms with Gasteiger partial charge in [0, 0.05) is 25.0 Å². The van der Waals surface area contributed by atoms with Gasteiger partial charge in [0.2, 0.25) is 5.91 Å². The number of carbonyl (C=O) groups excluding carboxylic acids is 1. The number of thioether (sulfide) groups is 1. The maximum absolute atomic E-state index is 12.0. The quantitative estimate of drug-likeness (QED) is 0.639. The van der Waals surface area contributed by atoms with Crippen molar-refractivity contribution in [3.8, 4) is 0 Å². The van der Waals surface area contributed by atoms with Gasteiger partial charge in [-0.1, -0.05) is 32.5 Å². The van der Waals surface area contributed by atoms with E-state index in [0.717, 1.165) is 35.1 Å². The van der Waals surface area contributed by atoms with Crippen LogP contribution < -0.4 is 10.2 Å². The van der Waals surface area contributed by atoms with Gasteiger partial charge in [0.1, 0.15) is 5.82 Å². The first kappa shape index (κ1) is 18.9. The Bertz CT molecular complexity index is 776. The van der Waals surface area contributed by atoms with Crippen molar-refractivity contribution in [3.63, 3.8) is 0 Å². The van der Waals surface area contributed by atoms with Crippen LogP contribution in [-0.2, 0) is 11.3 Å². The smallest absolute Gasteiger partial charge is 0.225 e. The number of piperidine rings is 1. The molecule has 1 amide bonds. The molecular formula is C18H28N6OS. The minimum atomic E-state index is -0.387. The molecule has 3 rings (SSSR count). The predicted molar refractivity (Wildman–Crippen MR) is 106 cm³/mol. The first-order valence-corrected chi connectivity index (χ1v) is 10.4. The van der Waals surface area contributed by atoms with E-state index in [2.05, 4.69) is 20.3 Å². The van der Waals surface area contributed by atoms with E-state index in [9.17, 15) is 4.79 Å². The second-order valence-electron chi connectivity index (χ2n) is 7.69. The molecule has 1 aliphatic heterocycles. The average Bonchev–Trinajstić information content (AvgIpc) is 3.03. The second-order valence-corrected chi connectivity index (χ2v) is 8.47. The van der Waals surface area contributed by atoms with E-state index < -0.39 is 0 Å². The molecule has 2 aromatic heterocycles. The van der Waals surface area contributed by atoms with E-state index in [1.54, 1.807) is 11.8 Å². The fourth-order valence-electron chi connectivity index (χ4n) is 3.06. The maximum atomic E-state index is 12.0. The number of nitrogens with zero attached hydrogens (tertiary/aromatic N) is 5. The Balaban J connectivity index is 1.82. The van der Waals surface area contributed by atoms with Gasteiger partial charge in [-0.15, -0.1) is 0 Å². The van der Waals surface area contributed by atoms with Crippen molar-refractivity contribution in [2.45, 2.75) is 51.7 Å². The summed E-state index contributed by atoms with van der Waals surface area (Å²) in [4.78, 5) is 23.8. The third-order valence-corrected chi connectivity index (χ3v) is 5.13. The van der Waals surface area contributed by atoms with Gasteiger partial charge >= 0.3 is 0 Å². The molecule has 8 heteroatoms. The summed E-state index contributed by atoms with van der Waals surface area (Å²) in [5.74, 6) is 1.03. The zero-order valence-corrected chi connectivity index (χ0v) is 16.9. The van der Waals surface area contributed by atoms with E-state index in [-0.39, 0.29) is 11.3 Å². The van der Waals surface area contributed by atoms with Crippen molar-refractivity contribution in [3.05, 3.63) is 6.20 Å². The molecule has 26 heavy (non-hydrogen) atoms. The van der Waals surface area contributed by atoms with E-state index in [1.165, 1.54) is 19.3 Å². The summed E-state index contributed by atoms with van der Waals surface area (Å²) >= 11 is 1.55. The van der Waals surface area contributed by atoms with Crippen LogP contribution in [0.15, 0.2) is 11.4 Å². The molecule has 0 aliphatic carbocycles. The number of nitrogens with one attached hydrogen (secondary N) is 1. The molecule has 1 N–H and O–H groups in total. The molecule has 0 unspecified atom stereocenters. The normalized spacial score (nSPS) is 15.5. The van der Waals surface area contributed by atoms with Crippen molar-refractivity contribution in [2.75, 3.05) is 30.8 Å². The number of carbonyl (C=O) groups is 1. The molecule has 2 aromatic rings. The van der Waals surface area contributed by atoms with Crippen LogP contribution in [0.4, 0.5) is 5.82 Å². The summed E-state index contributed by atoms with van der Waals surface area (Å²) in [7, 11) is 0. The molecule has 1 aliphatic rings. The Kier molecular flexibility index (Phi) is 5.70. The van der Waals surface area contributed by atoms with Crippen molar-refractivity contribution < 1.29 is 4.79 Å². The summed E-state index contributed by atoms with van der Waals surface area (Å²) in [6.45, 7) is 8.93. The Hall–Kier alpha value is -1.83. The summed E-state index contributed by atoms with van der Waals surface area (Å²) in [5, 5.41) is 9.24. The van der Waals surface area contributed by atoms with Crippen LogP contribution in [0.2, 0.25) is 0 Å². The molecule has 142 valence electrons. The summed E-state index contributed by atoms with van der Waals surface area (Å²) in [6, 6.07) is 0. The first-order chi connectivity index (χ1) is 12.4. The molecule has 0 spiro atoms. The minimum Gasteiger partial charge on any atom is -0.356 e. The van der Waals surface area contributed by atoms with Crippen LogP contribution in [0.1, 0.15) is 40.0 Å². The molecule has 0 aromatic carbocycles. The highest BCUT2D eigenvalue weighted by molar-refractivity contribution is 7.98. The molecule has 0 bridgehead atoms. The van der Waals surface area contributed by atoms with Gasteiger partial charge < -0.3 is 10.2 Å². The number of amides is 1. The highest BCUT2D eigenvalue weighted by Gasteiger charge is 2.22. The average molecular weight is 377 g/mol. The molecular weight excluding hydrogens is 348 g/mol. The molecule has 0 saturated carbocycles. The largest absolute Gasteiger partial charge is 0.356 e. The minimum absolute atomic E-state index is 0.0439. The number of hydrogen-bond acceptors (Lipinski definition) is 6. The first-order valence-electron chi connectivity index (χ1n) is 9.21. The van der Waals surface area contributed by atoms with E-state index >= 15 is 0 Å². The highest BCUT2D eigenvalue weighted by atomic mass is 32.2. The van der Waals surface area contributed by atoms with Crippen LogP contribution in [0.25, 0.3) is 11.0 Å². The SMILES string of the molecule is CSc1nc(N2CCCCC2)c2cnn(CCNC(=O)C(C)(C)C)c2n1. The summed E-state index contributed by atoms with van der Waals surface area (Å²) in [5.41, 5.74) is 0.455. The summed E-state index contributed by atoms with van der Waals surface area (Å²) < 4.78 is 1.87. The van der Waals surface area contributed by atoms with Crippen LogP contribution in [0.3, 0.4) is 0 Å².